The number of rotatable bonds is 5. The second kappa shape index (κ2) is 7.05. The lowest BCUT2D eigenvalue weighted by Gasteiger charge is -2.07. The molecule has 0 heterocycles. The Morgan fingerprint density at radius 3 is 2.40 bits per heavy atom. The molecular formula is C15H20. The van der Waals surface area contributed by atoms with Crippen molar-refractivity contribution in [1.82, 2.24) is 0 Å². The number of hydrogen-bond acceptors (Lipinski definition) is 0. The van der Waals surface area contributed by atoms with Gasteiger partial charge in [0.2, 0.25) is 0 Å². The van der Waals surface area contributed by atoms with Gasteiger partial charge in [-0.1, -0.05) is 68.5 Å². The van der Waals surface area contributed by atoms with E-state index in [9.17, 15) is 0 Å². The summed E-state index contributed by atoms with van der Waals surface area (Å²) < 4.78 is 0. The van der Waals surface area contributed by atoms with Crippen molar-refractivity contribution in [1.29, 1.82) is 0 Å². The Labute approximate surface area is 93.3 Å². The SMILES string of the molecule is CC/C=C\C=C/CC(C)c1ccccc1. The number of hydrogen-bond donors (Lipinski definition) is 0. The molecule has 0 aliphatic rings. The van der Waals surface area contributed by atoms with Crippen LogP contribution in [-0.4, -0.2) is 0 Å². The molecule has 0 spiro atoms. The Morgan fingerprint density at radius 1 is 1.07 bits per heavy atom. The van der Waals surface area contributed by atoms with Crippen LogP contribution < -0.4 is 0 Å². The van der Waals surface area contributed by atoms with Crippen LogP contribution in [0, 0.1) is 0 Å². The van der Waals surface area contributed by atoms with E-state index in [1.807, 2.05) is 0 Å². The van der Waals surface area contributed by atoms with Crippen LogP contribution >= 0.6 is 0 Å². The summed E-state index contributed by atoms with van der Waals surface area (Å²) in [5.41, 5.74) is 1.42. The number of benzene rings is 1. The third kappa shape index (κ3) is 4.64. The van der Waals surface area contributed by atoms with E-state index in [0.29, 0.717) is 5.92 Å². The first kappa shape index (κ1) is 11.8. The molecular weight excluding hydrogens is 180 g/mol. The van der Waals surface area contributed by atoms with Gasteiger partial charge in [-0.05, 0) is 24.3 Å². The van der Waals surface area contributed by atoms with Crippen molar-refractivity contribution >= 4 is 0 Å². The second-order valence-corrected chi connectivity index (χ2v) is 3.81. The van der Waals surface area contributed by atoms with Gasteiger partial charge in [0.1, 0.15) is 0 Å². The van der Waals surface area contributed by atoms with Crippen molar-refractivity contribution in [3.8, 4) is 0 Å². The summed E-state index contributed by atoms with van der Waals surface area (Å²) in [7, 11) is 0. The highest BCUT2D eigenvalue weighted by Gasteiger charge is 2.00. The maximum absolute atomic E-state index is 2.27. The predicted molar refractivity (Wildman–Crippen MR) is 68.0 cm³/mol. The Kier molecular flexibility index (Phi) is 5.54. The topological polar surface area (TPSA) is 0 Å². The first-order valence-electron chi connectivity index (χ1n) is 5.71. The van der Waals surface area contributed by atoms with Crippen LogP contribution in [-0.2, 0) is 0 Å². The fourth-order valence-corrected chi connectivity index (χ4v) is 1.49. The molecule has 1 rings (SSSR count). The normalized spacial score (nSPS) is 13.7. The summed E-state index contributed by atoms with van der Waals surface area (Å²) in [6.07, 6.45) is 10.9. The average Bonchev–Trinajstić information content (AvgIpc) is 2.30. The quantitative estimate of drug-likeness (QED) is 0.604. The molecule has 0 bridgehead atoms. The summed E-state index contributed by atoms with van der Waals surface area (Å²) in [4.78, 5) is 0. The maximum Gasteiger partial charge on any atom is -0.0156 e. The van der Waals surface area contributed by atoms with Crippen LogP contribution in [0.5, 0.6) is 0 Å². The van der Waals surface area contributed by atoms with Crippen molar-refractivity contribution < 1.29 is 0 Å². The van der Waals surface area contributed by atoms with Crippen LogP contribution in [0.3, 0.4) is 0 Å². The molecule has 0 aliphatic carbocycles. The van der Waals surface area contributed by atoms with E-state index in [1.54, 1.807) is 0 Å². The number of allylic oxidation sites excluding steroid dienone is 4. The molecule has 1 unspecified atom stereocenters. The lowest BCUT2D eigenvalue weighted by Crippen LogP contribution is -1.90. The molecule has 0 aromatic heterocycles. The van der Waals surface area contributed by atoms with Gasteiger partial charge in [-0.15, -0.1) is 0 Å². The largest absolute Gasteiger partial charge is 0.0848 e. The van der Waals surface area contributed by atoms with Gasteiger partial charge in [-0.2, -0.15) is 0 Å². The van der Waals surface area contributed by atoms with Crippen molar-refractivity contribution in [3.63, 3.8) is 0 Å². The molecule has 1 aromatic rings. The van der Waals surface area contributed by atoms with Crippen LogP contribution in [0.1, 0.15) is 38.2 Å². The minimum absolute atomic E-state index is 0.609. The fourth-order valence-electron chi connectivity index (χ4n) is 1.49. The molecule has 0 aliphatic heterocycles. The molecule has 0 saturated heterocycles. The zero-order valence-corrected chi connectivity index (χ0v) is 9.69. The molecule has 0 nitrogen and oxygen atoms in total. The summed E-state index contributed by atoms with van der Waals surface area (Å²) in [5, 5.41) is 0. The highest BCUT2D eigenvalue weighted by molar-refractivity contribution is 5.19. The molecule has 0 saturated carbocycles. The van der Waals surface area contributed by atoms with Crippen molar-refractivity contribution in [2.45, 2.75) is 32.6 Å². The van der Waals surface area contributed by atoms with Crippen LogP contribution in [0.25, 0.3) is 0 Å². The van der Waals surface area contributed by atoms with E-state index in [1.165, 1.54) is 5.56 Å². The Hall–Kier alpha value is -1.30. The van der Waals surface area contributed by atoms with Crippen molar-refractivity contribution in [3.05, 3.63) is 60.2 Å². The van der Waals surface area contributed by atoms with Gasteiger partial charge in [-0.3, -0.25) is 0 Å². The summed E-state index contributed by atoms with van der Waals surface area (Å²) in [6, 6.07) is 10.7. The van der Waals surface area contributed by atoms with E-state index in [0.717, 1.165) is 12.8 Å². The first-order valence-corrected chi connectivity index (χ1v) is 5.71. The molecule has 0 fully saturated rings. The van der Waals surface area contributed by atoms with Gasteiger partial charge in [0.15, 0.2) is 0 Å². The van der Waals surface area contributed by atoms with Crippen LogP contribution in [0.4, 0.5) is 0 Å². The zero-order chi connectivity index (χ0) is 10.9. The Morgan fingerprint density at radius 2 is 1.73 bits per heavy atom. The smallest absolute Gasteiger partial charge is 0.0156 e. The fraction of sp³-hybridized carbons (Fsp3) is 0.333. The van der Waals surface area contributed by atoms with E-state index in [4.69, 9.17) is 0 Å². The molecule has 1 atom stereocenters. The molecule has 0 radical (unpaired) electrons. The van der Waals surface area contributed by atoms with E-state index < -0.39 is 0 Å². The minimum atomic E-state index is 0.609. The zero-order valence-electron chi connectivity index (χ0n) is 9.69. The Balaban J connectivity index is 2.40. The van der Waals surface area contributed by atoms with Gasteiger partial charge in [-0.25, -0.2) is 0 Å². The predicted octanol–water partition coefficient (Wildman–Crippen LogP) is 4.70. The van der Waals surface area contributed by atoms with Crippen LogP contribution in [0.2, 0.25) is 0 Å². The summed E-state index contributed by atoms with van der Waals surface area (Å²) in [6.45, 7) is 4.42. The van der Waals surface area contributed by atoms with Crippen molar-refractivity contribution in [2.75, 3.05) is 0 Å². The summed E-state index contributed by atoms with van der Waals surface area (Å²) in [5.74, 6) is 0.609. The monoisotopic (exact) mass is 200 g/mol. The average molecular weight is 200 g/mol. The van der Waals surface area contributed by atoms with E-state index in [2.05, 4.69) is 68.5 Å². The summed E-state index contributed by atoms with van der Waals surface area (Å²) >= 11 is 0. The first-order chi connectivity index (χ1) is 7.34. The lowest BCUT2D eigenvalue weighted by molar-refractivity contribution is 0.781. The molecule has 0 N–H and O–H groups in total. The van der Waals surface area contributed by atoms with E-state index in [-0.39, 0.29) is 0 Å². The molecule has 0 heteroatoms. The highest BCUT2D eigenvalue weighted by atomic mass is 14.1. The van der Waals surface area contributed by atoms with Gasteiger partial charge < -0.3 is 0 Å². The minimum Gasteiger partial charge on any atom is -0.0848 e. The van der Waals surface area contributed by atoms with E-state index >= 15 is 0 Å². The van der Waals surface area contributed by atoms with Crippen molar-refractivity contribution in [2.24, 2.45) is 0 Å². The third-order valence-corrected chi connectivity index (χ3v) is 2.48. The Bertz CT molecular complexity index is 306. The second-order valence-electron chi connectivity index (χ2n) is 3.81. The van der Waals surface area contributed by atoms with Crippen LogP contribution in [0.15, 0.2) is 54.6 Å². The van der Waals surface area contributed by atoms with Gasteiger partial charge >= 0.3 is 0 Å². The van der Waals surface area contributed by atoms with Gasteiger partial charge in [0.25, 0.3) is 0 Å². The molecule has 15 heavy (non-hydrogen) atoms. The maximum atomic E-state index is 2.27. The molecule has 0 amide bonds. The van der Waals surface area contributed by atoms with Gasteiger partial charge in [0.05, 0.1) is 0 Å². The molecule has 1 aromatic carbocycles. The highest BCUT2D eigenvalue weighted by Crippen LogP contribution is 2.18. The standard InChI is InChI=1S/C15H20/c1-3-4-5-6-8-11-14(2)15-12-9-7-10-13-15/h4-10,12-14H,3,11H2,1-2H3/b5-4-,8-6-. The molecule has 80 valence electrons. The van der Waals surface area contributed by atoms with Gasteiger partial charge in [0, 0.05) is 0 Å². The lowest BCUT2D eigenvalue weighted by atomic mass is 9.98. The third-order valence-electron chi connectivity index (χ3n) is 2.48.